The second-order valence-electron chi connectivity index (χ2n) is 3.89. The van der Waals surface area contributed by atoms with Gasteiger partial charge in [-0.05, 0) is 25.5 Å². The van der Waals surface area contributed by atoms with Gasteiger partial charge in [0, 0.05) is 0 Å². The summed E-state index contributed by atoms with van der Waals surface area (Å²) >= 11 is 0. The molecule has 1 fully saturated rings. The van der Waals surface area contributed by atoms with Gasteiger partial charge in [0.1, 0.15) is 12.1 Å². The van der Waals surface area contributed by atoms with E-state index in [4.69, 9.17) is 4.74 Å². The highest BCUT2D eigenvalue weighted by molar-refractivity contribution is 5.84. The van der Waals surface area contributed by atoms with E-state index in [1.54, 1.807) is 7.05 Å². The lowest BCUT2D eigenvalue weighted by molar-refractivity contribution is -0.148. The van der Waals surface area contributed by atoms with Gasteiger partial charge >= 0.3 is 5.97 Å². The minimum Gasteiger partial charge on any atom is -0.459 e. The lowest BCUT2D eigenvalue weighted by Gasteiger charge is -2.12. The molecule has 0 spiro atoms. The topological polar surface area (TPSA) is 38.3 Å². The molecule has 0 radical (unpaired) electrons. The van der Waals surface area contributed by atoms with Gasteiger partial charge in [0.25, 0.3) is 0 Å². The van der Waals surface area contributed by atoms with E-state index < -0.39 is 0 Å². The first-order chi connectivity index (χ1) is 7.27. The van der Waals surface area contributed by atoms with Crippen LogP contribution < -0.4 is 5.32 Å². The second-order valence-corrected chi connectivity index (χ2v) is 3.89. The maximum Gasteiger partial charge on any atom is 0.326 e. The van der Waals surface area contributed by atoms with Crippen molar-refractivity contribution in [3.63, 3.8) is 0 Å². The average molecular weight is 205 g/mol. The first kappa shape index (κ1) is 10.2. The van der Waals surface area contributed by atoms with Crippen LogP contribution in [0.3, 0.4) is 0 Å². The smallest absolute Gasteiger partial charge is 0.326 e. The number of hydrogen-bond acceptors (Lipinski definition) is 3. The minimum atomic E-state index is -0.380. The molecule has 0 heterocycles. The number of hydrogen-bond donors (Lipinski definition) is 1. The van der Waals surface area contributed by atoms with Gasteiger partial charge in [-0.1, -0.05) is 30.3 Å². The summed E-state index contributed by atoms with van der Waals surface area (Å²) in [5, 5.41) is 3.01. The Morgan fingerprint density at radius 3 is 2.60 bits per heavy atom. The Bertz CT molecular complexity index is 344. The van der Waals surface area contributed by atoms with Crippen molar-refractivity contribution in [2.24, 2.45) is 0 Å². The van der Waals surface area contributed by atoms with Crippen LogP contribution in [0.4, 0.5) is 0 Å². The van der Waals surface area contributed by atoms with Gasteiger partial charge in [-0.15, -0.1) is 0 Å². The fourth-order valence-corrected chi connectivity index (χ4v) is 1.54. The molecule has 1 aromatic carbocycles. The van der Waals surface area contributed by atoms with Crippen molar-refractivity contribution in [2.75, 3.05) is 7.05 Å². The molecular weight excluding hydrogens is 190 g/mol. The highest BCUT2D eigenvalue weighted by atomic mass is 16.5. The molecule has 0 saturated heterocycles. The van der Waals surface area contributed by atoms with Gasteiger partial charge in [-0.25, -0.2) is 0 Å². The number of likely N-dealkylation sites (N-methyl/N-ethyl adjacent to an activating group) is 1. The summed E-state index contributed by atoms with van der Waals surface area (Å²) in [4.78, 5) is 11.6. The summed E-state index contributed by atoms with van der Waals surface area (Å²) in [5.41, 5.74) is 0.646. The first-order valence-electron chi connectivity index (χ1n) is 5.17. The molecule has 3 heteroatoms. The van der Waals surface area contributed by atoms with Crippen LogP contribution in [0, 0.1) is 0 Å². The largest absolute Gasteiger partial charge is 0.459 e. The molecular formula is C12H15NO2. The number of ether oxygens (including phenoxy) is 1. The molecule has 0 aromatic heterocycles. The Hall–Kier alpha value is -1.35. The lowest BCUT2D eigenvalue weighted by Crippen LogP contribution is -2.37. The molecule has 0 aliphatic heterocycles. The molecule has 1 aromatic rings. The van der Waals surface area contributed by atoms with Gasteiger partial charge in [-0.3, -0.25) is 4.79 Å². The Balaban J connectivity index is 1.86. The summed E-state index contributed by atoms with van der Waals surface area (Å²) in [5.74, 6) is -0.131. The zero-order chi connectivity index (χ0) is 10.7. The van der Waals surface area contributed by atoms with Crippen LogP contribution in [-0.4, -0.2) is 18.6 Å². The van der Waals surface area contributed by atoms with E-state index in [9.17, 15) is 4.79 Å². The summed E-state index contributed by atoms with van der Waals surface area (Å²) < 4.78 is 5.24. The molecule has 1 aliphatic rings. The Labute approximate surface area is 89.4 Å². The number of carbonyl (C=O) groups excluding carboxylic acids is 1. The van der Waals surface area contributed by atoms with E-state index in [0.717, 1.165) is 18.4 Å². The summed E-state index contributed by atoms with van der Waals surface area (Å²) in [7, 11) is 1.80. The van der Waals surface area contributed by atoms with E-state index >= 15 is 0 Å². The third-order valence-corrected chi connectivity index (χ3v) is 2.83. The molecule has 0 amide bonds. The highest BCUT2D eigenvalue weighted by Gasteiger charge is 2.50. The van der Waals surface area contributed by atoms with Gasteiger partial charge in [0.05, 0.1) is 0 Å². The van der Waals surface area contributed by atoms with Crippen LogP contribution in [0.2, 0.25) is 0 Å². The Kier molecular flexibility index (Phi) is 2.73. The van der Waals surface area contributed by atoms with Crippen LogP contribution in [0.15, 0.2) is 30.3 Å². The molecule has 15 heavy (non-hydrogen) atoms. The average Bonchev–Trinajstić information content (AvgIpc) is 3.08. The van der Waals surface area contributed by atoms with Crippen LogP contribution in [0.25, 0.3) is 0 Å². The van der Waals surface area contributed by atoms with Crippen LogP contribution in [0.1, 0.15) is 18.4 Å². The number of esters is 1. The molecule has 1 N–H and O–H groups in total. The fourth-order valence-electron chi connectivity index (χ4n) is 1.54. The maximum atomic E-state index is 11.6. The van der Waals surface area contributed by atoms with Crippen molar-refractivity contribution >= 4 is 5.97 Å². The van der Waals surface area contributed by atoms with E-state index in [1.165, 1.54) is 0 Å². The van der Waals surface area contributed by atoms with Crippen molar-refractivity contribution < 1.29 is 9.53 Å². The zero-order valence-electron chi connectivity index (χ0n) is 8.82. The molecule has 0 atom stereocenters. The maximum absolute atomic E-state index is 11.6. The third kappa shape index (κ3) is 2.18. The van der Waals surface area contributed by atoms with Crippen molar-refractivity contribution in [1.82, 2.24) is 5.32 Å². The normalized spacial score (nSPS) is 17.1. The van der Waals surface area contributed by atoms with E-state index in [2.05, 4.69) is 5.32 Å². The number of nitrogens with one attached hydrogen (secondary N) is 1. The quantitative estimate of drug-likeness (QED) is 0.757. The van der Waals surface area contributed by atoms with Gasteiger partial charge in [0.2, 0.25) is 0 Å². The molecule has 0 unspecified atom stereocenters. The van der Waals surface area contributed by atoms with E-state index in [-0.39, 0.29) is 11.5 Å². The second kappa shape index (κ2) is 4.03. The Morgan fingerprint density at radius 1 is 1.40 bits per heavy atom. The lowest BCUT2D eigenvalue weighted by atomic mass is 10.2. The number of rotatable bonds is 4. The number of benzene rings is 1. The zero-order valence-corrected chi connectivity index (χ0v) is 8.82. The summed E-state index contributed by atoms with van der Waals surface area (Å²) in [6.45, 7) is 0.364. The van der Waals surface area contributed by atoms with Crippen LogP contribution in [0.5, 0.6) is 0 Å². The standard InChI is InChI=1S/C12H15NO2/c1-13-12(7-8-12)11(14)15-9-10-5-3-2-4-6-10/h2-6,13H,7-9H2,1H3. The first-order valence-corrected chi connectivity index (χ1v) is 5.17. The van der Waals surface area contributed by atoms with Crippen molar-refractivity contribution in [1.29, 1.82) is 0 Å². The summed E-state index contributed by atoms with van der Waals surface area (Å²) in [6, 6.07) is 9.72. The van der Waals surface area contributed by atoms with Crippen LogP contribution >= 0.6 is 0 Å². The Morgan fingerprint density at radius 2 is 2.07 bits per heavy atom. The van der Waals surface area contributed by atoms with Crippen molar-refractivity contribution in [3.05, 3.63) is 35.9 Å². The van der Waals surface area contributed by atoms with Crippen molar-refractivity contribution in [3.8, 4) is 0 Å². The van der Waals surface area contributed by atoms with Crippen LogP contribution in [-0.2, 0) is 16.1 Å². The third-order valence-electron chi connectivity index (χ3n) is 2.83. The monoisotopic (exact) mass is 205 g/mol. The molecule has 1 aliphatic carbocycles. The van der Waals surface area contributed by atoms with E-state index in [0.29, 0.717) is 6.61 Å². The predicted molar refractivity (Wildman–Crippen MR) is 57.3 cm³/mol. The predicted octanol–water partition coefficient (Wildman–Crippen LogP) is 1.48. The molecule has 0 bridgehead atoms. The van der Waals surface area contributed by atoms with Gasteiger partial charge in [-0.2, -0.15) is 0 Å². The van der Waals surface area contributed by atoms with Gasteiger partial charge in [0.15, 0.2) is 0 Å². The van der Waals surface area contributed by atoms with Crippen molar-refractivity contribution in [2.45, 2.75) is 25.0 Å². The molecule has 3 nitrogen and oxygen atoms in total. The van der Waals surface area contributed by atoms with E-state index in [1.807, 2.05) is 30.3 Å². The highest BCUT2D eigenvalue weighted by Crippen LogP contribution is 2.36. The number of carbonyl (C=O) groups is 1. The minimum absolute atomic E-state index is 0.131. The molecule has 1 saturated carbocycles. The SMILES string of the molecule is CNC1(C(=O)OCc2ccccc2)CC1. The summed E-state index contributed by atoms with van der Waals surface area (Å²) in [6.07, 6.45) is 1.77. The molecule has 2 rings (SSSR count). The molecule has 80 valence electrons. The van der Waals surface area contributed by atoms with Gasteiger partial charge < -0.3 is 10.1 Å². The fraction of sp³-hybridized carbons (Fsp3) is 0.417.